The van der Waals surface area contributed by atoms with Gasteiger partial charge in [0, 0.05) is 49.6 Å². The van der Waals surface area contributed by atoms with Crippen LogP contribution in [0.2, 0.25) is 5.02 Å². The molecule has 3 aromatic carbocycles. The standard InChI is InChI=1S/C32H36ClN3O5S/c1-22(37)41-30-31(23-9-12-25(39-2)13-10-23)42-29-21-24(33)11-14-27(29)36(32(30)38)16-6-15-34-17-19-35(20-18-34)26-7-4-5-8-28(26)40-3/h4-5,7-14,21,30-31H,6,15-20H2,1-3H3/t30-,31-/m0/s1. The molecular weight excluding hydrogens is 574 g/mol. The zero-order chi connectivity index (χ0) is 29.6. The van der Waals surface area contributed by atoms with Crippen molar-refractivity contribution in [2.45, 2.75) is 29.6 Å². The molecule has 1 saturated heterocycles. The molecule has 0 bridgehead atoms. The molecule has 0 aliphatic carbocycles. The third-order valence-corrected chi connectivity index (χ3v) is 9.23. The topological polar surface area (TPSA) is 71.6 Å². The Bertz CT molecular complexity index is 1400. The van der Waals surface area contributed by atoms with Gasteiger partial charge in [-0.15, -0.1) is 11.8 Å². The molecule has 8 nitrogen and oxygen atoms in total. The number of carbonyl (C=O) groups excluding carboxylic acids is 2. The Balaban J connectivity index is 1.31. The largest absolute Gasteiger partial charge is 0.497 e. The Labute approximate surface area is 256 Å². The molecule has 222 valence electrons. The number of ether oxygens (including phenoxy) is 3. The molecule has 2 atom stereocenters. The van der Waals surface area contributed by atoms with E-state index in [1.165, 1.54) is 18.7 Å². The molecule has 1 fully saturated rings. The van der Waals surface area contributed by atoms with Gasteiger partial charge in [0.05, 0.1) is 30.8 Å². The van der Waals surface area contributed by atoms with Crippen LogP contribution in [0.25, 0.3) is 0 Å². The second kappa shape index (κ2) is 13.7. The summed E-state index contributed by atoms with van der Waals surface area (Å²) in [6.07, 6.45) is -0.218. The summed E-state index contributed by atoms with van der Waals surface area (Å²) < 4.78 is 16.6. The smallest absolute Gasteiger partial charge is 0.303 e. The van der Waals surface area contributed by atoms with E-state index >= 15 is 0 Å². The number of halogens is 1. The zero-order valence-electron chi connectivity index (χ0n) is 24.1. The summed E-state index contributed by atoms with van der Waals surface area (Å²) in [6.45, 7) is 6.33. The fourth-order valence-corrected chi connectivity index (χ4v) is 7.11. The molecule has 2 heterocycles. The predicted octanol–water partition coefficient (Wildman–Crippen LogP) is 5.68. The third-order valence-electron chi connectivity index (χ3n) is 7.64. The highest BCUT2D eigenvalue weighted by atomic mass is 35.5. The summed E-state index contributed by atoms with van der Waals surface area (Å²) in [5.41, 5.74) is 2.76. The molecule has 0 aromatic heterocycles. The van der Waals surface area contributed by atoms with Crippen LogP contribution in [0.3, 0.4) is 0 Å². The summed E-state index contributed by atoms with van der Waals surface area (Å²) in [5.74, 6) is 0.865. The van der Waals surface area contributed by atoms with E-state index in [2.05, 4.69) is 15.9 Å². The summed E-state index contributed by atoms with van der Waals surface area (Å²) in [6, 6.07) is 21.2. The lowest BCUT2D eigenvalue weighted by Gasteiger charge is -2.37. The van der Waals surface area contributed by atoms with Crippen molar-refractivity contribution in [3.05, 3.63) is 77.3 Å². The fraction of sp³-hybridized carbons (Fsp3) is 0.375. The molecule has 0 unspecified atom stereocenters. The summed E-state index contributed by atoms with van der Waals surface area (Å²) in [4.78, 5) is 33.8. The van der Waals surface area contributed by atoms with Crippen LogP contribution in [0.1, 0.15) is 24.2 Å². The lowest BCUT2D eigenvalue weighted by atomic mass is 10.1. The molecule has 42 heavy (non-hydrogen) atoms. The van der Waals surface area contributed by atoms with Crippen LogP contribution in [0.5, 0.6) is 11.5 Å². The molecule has 0 saturated carbocycles. The first-order chi connectivity index (χ1) is 20.4. The van der Waals surface area contributed by atoms with Gasteiger partial charge in [0.1, 0.15) is 11.5 Å². The summed E-state index contributed by atoms with van der Waals surface area (Å²) in [5, 5.41) is 0.138. The van der Waals surface area contributed by atoms with E-state index in [0.717, 1.165) is 66.7 Å². The molecule has 10 heteroatoms. The van der Waals surface area contributed by atoms with E-state index < -0.39 is 17.3 Å². The van der Waals surface area contributed by atoms with Crippen molar-refractivity contribution in [1.29, 1.82) is 0 Å². The number of esters is 1. The molecule has 2 aliphatic rings. The number of amides is 1. The van der Waals surface area contributed by atoms with Gasteiger partial charge >= 0.3 is 5.97 Å². The molecule has 0 N–H and O–H groups in total. The number of anilines is 2. The molecule has 1 amide bonds. The number of thioether (sulfide) groups is 1. The lowest BCUT2D eigenvalue weighted by Crippen LogP contribution is -2.48. The number of carbonyl (C=O) groups is 2. The van der Waals surface area contributed by atoms with E-state index in [1.54, 1.807) is 25.2 Å². The van der Waals surface area contributed by atoms with Gasteiger partial charge < -0.3 is 24.0 Å². The van der Waals surface area contributed by atoms with Crippen LogP contribution in [0, 0.1) is 0 Å². The number of para-hydroxylation sites is 2. The monoisotopic (exact) mass is 609 g/mol. The number of fused-ring (bicyclic) bond motifs is 1. The first-order valence-corrected chi connectivity index (χ1v) is 15.3. The van der Waals surface area contributed by atoms with Gasteiger partial charge in [0.25, 0.3) is 5.91 Å². The van der Waals surface area contributed by atoms with Gasteiger partial charge in [0.2, 0.25) is 0 Å². The first kappa shape index (κ1) is 30.1. The zero-order valence-corrected chi connectivity index (χ0v) is 25.7. The number of piperazine rings is 1. The van der Waals surface area contributed by atoms with Gasteiger partial charge in [-0.1, -0.05) is 35.9 Å². The highest BCUT2D eigenvalue weighted by molar-refractivity contribution is 7.99. The molecule has 3 aromatic rings. The van der Waals surface area contributed by atoms with Crippen LogP contribution >= 0.6 is 23.4 Å². The quantitative estimate of drug-likeness (QED) is 0.287. The normalized spacial score (nSPS) is 19.2. The predicted molar refractivity (Wildman–Crippen MR) is 167 cm³/mol. The van der Waals surface area contributed by atoms with Crippen molar-refractivity contribution < 1.29 is 23.8 Å². The second-order valence-electron chi connectivity index (χ2n) is 10.3. The van der Waals surface area contributed by atoms with Gasteiger partial charge in [-0.05, 0) is 61.0 Å². The van der Waals surface area contributed by atoms with Crippen molar-refractivity contribution in [2.24, 2.45) is 0 Å². The Morgan fingerprint density at radius 3 is 2.36 bits per heavy atom. The van der Waals surface area contributed by atoms with Gasteiger partial charge in [-0.3, -0.25) is 14.5 Å². The van der Waals surface area contributed by atoms with Gasteiger partial charge in [-0.2, -0.15) is 0 Å². The molecule has 0 spiro atoms. The average molecular weight is 610 g/mol. The highest BCUT2D eigenvalue weighted by Gasteiger charge is 2.41. The van der Waals surface area contributed by atoms with Crippen molar-refractivity contribution >= 4 is 46.6 Å². The number of rotatable bonds is 9. The first-order valence-electron chi connectivity index (χ1n) is 14.1. The minimum atomic E-state index is -0.989. The summed E-state index contributed by atoms with van der Waals surface area (Å²) in [7, 11) is 3.31. The second-order valence-corrected chi connectivity index (χ2v) is 11.9. The van der Waals surface area contributed by atoms with E-state index in [1.807, 2.05) is 54.6 Å². The molecule has 0 radical (unpaired) electrons. The van der Waals surface area contributed by atoms with Gasteiger partial charge in [0.15, 0.2) is 6.10 Å². The van der Waals surface area contributed by atoms with Crippen LogP contribution in [0.15, 0.2) is 71.6 Å². The maximum Gasteiger partial charge on any atom is 0.303 e. The number of benzene rings is 3. The number of hydrogen-bond donors (Lipinski definition) is 0. The SMILES string of the molecule is COc1ccc([C@@H]2Sc3cc(Cl)ccc3N(CCCN3CCN(c4ccccc4OC)CC3)C(=O)[C@H]2OC(C)=O)cc1. The maximum atomic E-state index is 14.1. The highest BCUT2D eigenvalue weighted by Crippen LogP contribution is 2.47. The lowest BCUT2D eigenvalue weighted by molar-refractivity contribution is -0.152. The number of hydrogen-bond acceptors (Lipinski definition) is 8. The fourth-order valence-electron chi connectivity index (χ4n) is 5.52. The summed E-state index contributed by atoms with van der Waals surface area (Å²) >= 11 is 7.90. The minimum Gasteiger partial charge on any atom is -0.497 e. The average Bonchev–Trinajstić information content (AvgIpc) is 3.11. The minimum absolute atomic E-state index is 0.236. The van der Waals surface area contributed by atoms with E-state index in [9.17, 15) is 9.59 Å². The maximum absolute atomic E-state index is 14.1. The van der Waals surface area contributed by atoms with Crippen LogP contribution < -0.4 is 19.3 Å². The molecular formula is C32H36ClN3O5S. The van der Waals surface area contributed by atoms with Crippen molar-refractivity contribution in [3.8, 4) is 11.5 Å². The van der Waals surface area contributed by atoms with Crippen LogP contribution in [0.4, 0.5) is 11.4 Å². The number of nitrogens with zero attached hydrogens (tertiary/aromatic N) is 3. The van der Waals surface area contributed by atoms with Crippen LogP contribution in [-0.4, -0.2) is 76.4 Å². The Kier molecular flexibility index (Phi) is 9.82. The molecule has 2 aliphatic heterocycles. The van der Waals surface area contributed by atoms with Crippen LogP contribution in [-0.2, 0) is 14.3 Å². The van der Waals surface area contributed by atoms with Crippen molar-refractivity contribution in [1.82, 2.24) is 4.90 Å². The molecule has 5 rings (SSSR count). The Morgan fingerprint density at radius 2 is 1.67 bits per heavy atom. The Morgan fingerprint density at radius 1 is 0.929 bits per heavy atom. The van der Waals surface area contributed by atoms with Gasteiger partial charge in [-0.25, -0.2) is 0 Å². The van der Waals surface area contributed by atoms with Crippen molar-refractivity contribution in [3.63, 3.8) is 0 Å². The van der Waals surface area contributed by atoms with Crippen molar-refractivity contribution in [2.75, 3.05) is 63.3 Å². The Hall–Kier alpha value is -3.40. The third kappa shape index (κ3) is 6.80. The van der Waals surface area contributed by atoms with E-state index in [-0.39, 0.29) is 5.91 Å². The van der Waals surface area contributed by atoms with E-state index in [0.29, 0.717) is 17.3 Å². The van der Waals surface area contributed by atoms with E-state index in [4.69, 9.17) is 25.8 Å². The number of methoxy groups -OCH3 is 2.